The summed E-state index contributed by atoms with van der Waals surface area (Å²) in [5, 5.41) is 6.17. The average molecular weight is 428 g/mol. The molecule has 2 aromatic rings. The standard InChI is InChI=1S/C19H25N5O2.2ClH/c1-23(17-5-8-20-9-6-17)19(26)15-3-2-4-16(13-15)22-18(25)7-11-24-12-10-21-14-24;;/h2-4,10,12-14,17,20H,5-9,11H2,1H3,(H,22,25);2*1H. The molecule has 2 amide bonds. The van der Waals surface area contributed by atoms with E-state index in [1.54, 1.807) is 36.8 Å². The highest BCUT2D eigenvalue weighted by Gasteiger charge is 2.23. The summed E-state index contributed by atoms with van der Waals surface area (Å²) in [7, 11) is 1.86. The van der Waals surface area contributed by atoms with Crippen LogP contribution in [-0.4, -0.2) is 52.4 Å². The molecule has 1 aromatic carbocycles. The molecule has 1 aliphatic rings. The molecule has 0 spiro atoms. The number of nitrogens with one attached hydrogen (secondary N) is 2. The van der Waals surface area contributed by atoms with Gasteiger partial charge in [-0.05, 0) is 44.1 Å². The van der Waals surface area contributed by atoms with Crippen molar-refractivity contribution in [1.82, 2.24) is 19.8 Å². The van der Waals surface area contributed by atoms with Crippen molar-refractivity contribution in [3.63, 3.8) is 0 Å². The Kier molecular flexibility index (Phi) is 9.99. The molecule has 0 bridgehead atoms. The second-order valence-corrected chi connectivity index (χ2v) is 6.58. The molecule has 0 aliphatic carbocycles. The summed E-state index contributed by atoms with van der Waals surface area (Å²) >= 11 is 0. The third kappa shape index (κ3) is 6.51. The second kappa shape index (κ2) is 11.7. The maximum atomic E-state index is 12.7. The zero-order valence-electron chi connectivity index (χ0n) is 15.8. The van der Waals surface area contributed by atoms with Gasteiger partial charge in [0.1, 0.15) is 0 Å². The Balaban J connectivity index is 0.00000196. The van der Waals surface area contributed by atoms with Crippen LogP contribution in [-0.2, 0) is 11.3 Å². The second-order valence-electron chi connectivity index (χ2n) is 6.58. The molecule has 3 rings (SSSR count). The number of amides is 2. The topological polar surface area (TPSA) is 79.3 Å². The Morgan fingerprint density at radius 2 is 2.04 bits per heavy atom. The lowest BCUT2D eigenvalue weighted by molar-refractivity contribution is -0.116. The first-order chi connectivity index (χ1) is 12.6. The summed E-state index contributed by atoms with van der Waals surface area (Å²) in [6.45, 7) is 2.45. The Hall–Kier alpha value is -2.09. The van der Waals surface area contributed by atoms with Gasteiger partial charge >= 0.3 is 0 Å². The molecular formula is C19H27Cl2N5O2. The number of aryl methyl sites for hydroxylation is 1. The molecule has 0 unspecified atom stereocenters. The van der Waals surface area contributed by atoms with E-state index < -0.39 is 0 Å². The molecule has 1 fully saturated rings. The fourth-order valence-electron chi connectivity index (χ4n) is 3.17. The highest BCUT2D eigenvalue weighted by atomic mass is 35.5. The molecule has 28 heavy (non-hydrogen) atoms. The van der Waals surface area contributed by atoms with Gasteiger partial charge in [-0.15, -0.1) is 24.8 Å². The van der Waals surface area contributed by atoms with Crippen LogP contribution in [0.1, 0.15) is 29.6 Å². The van der Waals surface area contributed by atoms with Gasteiger partial charge in [0, 0.05) is 49.7 Å². The number of rotatable bonds is 6. The Labute approximate surface area is 177 Å². The van der Waals surface area contributed by atoms with E-state index in [0.29, 0.717) is 24.2 Å². The minimum Gasteiger partial charge on any atom is -0.339 e. The third-order valence-electron chi connectivity index (χ3n) is 4.73. The van der Waals surface area contributed by atoms with Gasteiger partial charge in [-0.1, -0.05) is 6.07 Å². The predicted octanol–water partition coefficient (Wildman–Crippen LogP) is 2.58. The molecule has 9 heteroatoms. The van der Waals surface area contributed by atoms with Crippen LogP contribution in [0, 0.1) is 0 Å². The van der Waals surface area contributed by atoms with E-state index in [2.05, 4.69) is 15.6 Å². The smallest absolute Gasteiger partial charge is 0.253 e. The molecular weight excluding hydrogens is 401 g/mol. The average Bonchev–Trinajstić information content (AvgIpc) is 3.20. The number of anilines is 1. The van der Waals surface area contributed by atoms with Gasteiger partial charge in [0.15, 0.2) is 0 Å². The molecule has 0 saturated carbocycles. The lowest BCUT2D eigenvalue weighted by atomic mass is 10.0. The van der Waals surface area contributed by atoms with E-state index in [1.807, 2.05) is 22.7 Å². The van der Waals surface area contributed by atoms with E-state index in [-0.39, 0.29) is 42.7 Å². The van der Waals surface area contributed by atoms with Gasteiger partial charge in [0.2, 0.25) is 5.91 Å². The normalized spacial score (nSPS) is 13.8. The molecule has 7 nitrogen and oxygen atoms in total. The number of hydrogen-bond acceptors (Lipinski definition) is 4. The first-order valence-corrected chi connectivity index (χ1v) is 8.97. The highest BCUT2D eigenvalue weighted by molar-refractivity contribution is 5.97. The number of aromatic nitrogens is 2. The van der Waals surface area contributed by atoms with E-state index in [0.717, 1.165) is 25.9 Å². The summed E-state index contributed by atoms with van der Waals surface area (Å²) in [6.07, 6.45) is 7.47. The fourth-order valence-corrected chi connectivity index (χ4v) is 3.17. The van der Waals surface area contributed by atoms with E-state index in [4.69, 9.17) is 0 Å². The molecule has 154 valence electrons. The minimum absolute atomic E-state index is 0. The van der Waals surface area contributed by atoms with Crippen LogP contribution in [0.4, 0.5) is 5.69 Å². The fraction of sp³-hybridized carbons (Fsp3) is 0.421. The van der Waals surface area contributed by atoms with E-state index in [1.165, 1.54) is 0 Å². The monoisotopic (exact) mass is 427 g/mol. The largest absolute Gasteiger partial charge is 0.339 e. The van der Waals surface area contributed by atoms with Gasteiger partial charge in [-0.25, -0.2) is 4.98 Å². The first kappa shape index (κ1) is 23.9. The van der Waals surface area contributed by atoms with Crippen LogP contribution in [0.15, 0.2) is 43.0 Å². The number of nitrogens with zero attached hydrogens (tertiary/aromatic N) is 3. The Bertz CT molecular complexity index is 749. The van der Waals surface area contributed by atoms with Crippen LogP contribution in [0.5, 0.6) is 0 Å². The molecule has 0 radical (unpaired) electrons. The maximum absolute atomic E-state index is 12.7. The molecule has 2 N–H and O–H groups in total. The van der Waals surface area contributed by atoms with Crippen LogP contribution >= 0.6 is 24.8 Å². The van der Waals surface area contributed by atoms with E-state index >= 15 is 0 Å². The van der Waals surface area contributed by atoms with Crippen molar-refractivity contribution in [2.45, 2.75) is 31.8 Å². The van der Waals surface area contributed by atoms with Gasteiger partial charge in [0.25, 0.3) is 5.91 Å². The number of halogens is 2. The first-order valence-electron chi connectivity index (χ1n) is 8.97. The molecule has 1 aromatic heterocycles. The Morgan fingerprint density at radius 1 is 1.29 bits per heavy atom. The maximum Gasteiger partial charge on any atom is 0.253 e. The Morgan fingerprint density at radius 3 is 2.71 bits per heavy atom. The van der Waals surface area contributed by atoms with Crippen molar-refractivity contribution in [3.05, 3.63) is 48.5 Å². The van der Waals surface area contributed by atoms with Crippen molar-refractivity contribution in [2.24, 2.45) is 0 Å². The van der Waals surface area contributed by atoms with Gasteiger partial charge in [0.05, 0.1) is 6.33 Å². The number of piperidine rings is 1. The lowest BCUT2D eigenvalue weighted by Crippen LogP contribution is -2.43. The van der Waals surface area contributed by atoms with Crippen molar-refractivity contribution < 1.29 is 9.59 Å². The van der Waals surface area contributed by atoms with Crippen molar-refractivity contribution in [2.75, 3.05) is 25.5 Å². The van der Waals surface area contributed by atoms with Crippen molar-refractivity contribution >= 4 is 42.3 Å². The van der Waals surface area contributed by atoms with Crippen molar-refractivity contribution in [3.8, 4) is 0 Å². The summed E-state index contributed by atoms with van der Waals surface area (Å²) < 4.78 is 1.85. The number of carbonyl (C=O) groups is 2. The van der Waals surface area contributed by atoms with Crippen LogP contribution in [0.3, 0.4) is 0 Å². The number of benzene rings is 1. The summed E-state index contributed by atoms with van der Waals surface area (Å²) in [4.78, 5) is 30.6. The zero-order valence-corrected chi connectivity index (χ0v) is 17.5. The summed E-state index contributed by atoms with van der Waals surface area (Å²) in [6, 6.07) is 7.40. The number of hydrogen-bond donors (Lipinski definition) is 2. The van der Waals surface area contributed by atoms with Crippen molar-refractivity contribution in [1.29, 1.82) is 0 Å². The van der Waals surface area contributed by atoms with Gasteiger partial charge in [-0.2, -0.15) is 0 Å². The molecule has 2 heterocycles. The van der Waals surface area contributed by atoms with Crippen LogP contribution < -0.4 is 10.6 Å². The number of carbonyl (C=O) groups excluding carboxylic acids is 2. The minimum atomic E-state index is -0.0880. The summed E-state index contributed by atoms with van der Waals surface area (Å²) in [5.74, 6) is -0.0959. The lowest BCUT2D eigenvalue weighted by Gasteiger charge is -2.31. The summed E-state index contributed by atoms with van der Waals surface area (Å²) in [5.41, 5.74) is 1.24. The zero-order chi connectivity index (χ0) is 18.4. The van der Waals surface area contributed by atoms with Crippen LogP contribution in [0.25, 0.3) is 0 Å². The van der Waals surface area contributed by atoms with Gasteiger partial charge < -0.3 is 20.1 Å². The SMILES string of the molecule is CN(C(=O)c1cccc(NC(=O)CCn2ccnc2)c1)C1CCNCC1.Cl.Cl. The predicted molar refractivity (Wildman–Crippen MR) is 114 cm³/mol. The molecule has 1 aliphatic heterocycles. The number of imidazole rings is 1. The third-order valence-corrected chi connectivity index (χ3v) is 4.73. The highest BCUT2D eigenvalue weighted by Crippen LogP contribution is 2.17. The van der Waals surface area contributed by atoms with Crippen LogP contribution in [0.2, 0.25) is 0 Å². The molecule has 1 saturated heterocycles. The quantitative estimate of drug-likeness (QED) is 0.742. The van der Waals surface area contributed by atoms with E-state index in [9.17, 15) is 9.59 Å². The van der Waals surface area contributed by atoms with Gasteiger partial charge in [-0.3, -0.25) is 9.59 Å². The molecule has 0 atom stereocenters.